The molecule has 0 aliphatic carbocycles. The molecule has 82 valence electrons. The molecule has 0 saturated heterocycles. The van der Waals surface area contributed by atoms with Crippen molar-refractivity contribution in [3.05, 3.63) is 29.2 Å². The van der Waals surface area contributed by atoms with Gasteiger partial charge in [0.05, 0.1) is 5.69 Å². The van der Waals surface area contributed by atoms with Crippen LogP contribution in [0.4, 0.5) is 11.4 Å². The Morgan fingerprint density at radius 3 is 2.27 bits per heavy atom. The van der Waals surface area contributed by atoms with Crippen LogP contribution in [-0.2, 0) is 0 Å². The minimum Gasteiger partial charge on any atom is -0.370 e. The molecule has 0 heterocycles. The van der Waals surface area contributed by atoms with Gasteiger partial charge >= 0.3 is 0 Å². The van der Waals surface area contributed by atoms with E-state index >= 15 is 0 Å². The van der Waals surface area contributed by atoms with Crippen molar-refractivity contribution in [2.24, 2.45) is 5.18 Å². The summed E-state index contributed by atoms with van der Waals surface area (Å²) in [6.07, 6.45) is 2.15. The molecule has 0 aliphatic heterocycles. The molecule has 0 aromatic heterocycles. The van der Waals surface area contributed by atoms with Crippen LogP contribution in [0.25, 0.3) is 0 Å². The number of hydrogen-bond acceptors (Lipinski definition) is 3. The Hall–Kier alpha value is -1.38. The van der Waals surface area contributed by atoms with Gasteiger partial charge in [-0.3, -0.25) is 0 Å². The van der Waals surface area contributed by atoms with Crippen molar-refractivity contribution < 1.29 is 0 Å². The van der Waals surface area contributed by atoms with Crippen molar-refractivity contribution in [2.75, 3.05) is 18.0 Å². The molecular weight excluding hydrogens is 188 g/mol. The van der Waals surface area contributed by atoms with Gasteiger partial charge in [-0.15, -0.1) is 4.91 Å². The van der Waals surface area contributed by atoms with Crippen LogP contribution in [0, 0.1) is 4.91 Å². The van der Waals surface area contributed by atoms with E-state index in [2.05, 4.69) is 23.9 Å². The van der Waals surface area contributed by atoms with Gasteiger partial charge in [0.1, 0.15) is 5.69 Å². The van der Waals surface area contributed by atoms with Crippen molar-refractivity contribution in [2.45, 2.75) is 26.7 Å². The molecule has 3 nitrogen and oxygen atoms in total. The van der Waals surface area contributed by atoms with Gasteiger partial charge in [-0.05, 0) is 30.2 Å². The molecule has 3 heteroatoms. The van der Waals surface area contributed by atoms with Gasteiger partial charge in [0.2, 0.25) is 0 Å². The predicted octanol–water partition coefficient (Wildman–Crippen LogP) is 3.71. The maximum absolute atomic E-state index is 10.7. The van der Waals surface area contributed by atoms with Crippen LogP contribution in [0.15, 0.2) is 29.4 Å². The van der Waals surface area contributed by atoms with Crippen molar-refractivity contribution in [1.29, 1.82) is 0 Å². The number of benzene rings is 1. The summed E-state index contributed by atoms with van der Waals surface area (Å²) in [5, 5.41) is 3.06. The van der Waals surface area contributed by atoms with Gasteiger partial charge in [-0.2, -0.15) is 0 Å². The normalized spacial score (nSPS) is 10.0. The number of nitrogens with zero attached hydrogens (tertiary/aromatic N) is 2. The number of anilines is 1. The maximum atomic E-state index is 10.7. The molecule has 0 aliphatic rings. The molecule has 0 amide bonds. The second-order valence-corrected chi connectivity index (χ2v) is 3.57. The van der Waals surface area contributed by atoms with Crippen LogP contribution in [0.3, 0.4) is 0 Å². The topological polar surface area (TPSA) is 32.7 Å². The van der Waals surface area contributed by atoms with E-state index in [1.807, 2.05) is 18.2 Å². The monoisotopic (exact) mass is 206 g/mol. The van der Waals surface area contributed by atoms with Gasteiger partial charge in [0.25, 0.3) is 0 Å². The second-order valence-electron chi connectivity index (χ2n) is 3.57. The highest BCUT2D eigenvalue weighted by molar-refractivity contribution is 5.66. The van der Waals surface area contributed by atoms with Gasteiger partial charge in [-0.1, -0.05) is 26.0 Å². The molecule has 0 unspecified atom stereocenters. The van der Waals surface area contributed by atoms with Crippen molar-refractivity contribution in [3.8, 4) is 0 Å². The Labute approximate surface area is 91.1 Å². The molecule has 1 aromatic carbocycles. The van der Waals surface area contributed by atoms with E-state index in [0.717, 1.165) is 31.6 Å². The molecule has 1 rings (SSSR count). The van der Waals surface area contributed by atoms with Gasteiger partial charge in [0, 0.05) is 13.1 Å². The van der Waals surface area contributed by atoms with Gasteiger partial charge < -0.3 is 4.90 Å². The van der Waals surface area contributed by atoms with E-state index in [-0.39, 0.29) is 0 Å². The summed E-state index contributed by atoms with van der Waals surface area (Å²) < 4.78 is 0. The number of nitroso groups, excluding NO2 is 1. The van der Waals surface area contributed by atoms with E-state index < -0.39 is 0 Å². The lowest BCUT2D eigenvalue weighted by molar-refractivity contribution is 0.745. The Morgan fingerprint density at radius 1 is 1.13 bits per heavy atom. The number of para-hydroxylation sites is 1. The number of rotatable bonds is 6. The first-order valence-corrected chi connectivity index (χ1v) is 5.50. The minimum absolute atomic E-state index is 0.541. The zero-order valence-electron chi connectivity index (χ0n) is 9.44. The van der Waals surface area contributed by atoms with E-state index in [9.17, 15) is 4.91 Å². The predicted molar refractivity (Wildman–Crippen MR) is 64.7 cm³/mol. The molecule has 0 atom stereocenters. The Bertz CT molecular complexity index is 306. The van der Waals surface area contributed by atoms with Crippen molar-refractivity contribution in [1.82, 2.24) is 0 Å². The molecule has 0 radical (unpaired) electrons. The fourth-order valence-electron chi connectivity index (χ4n) is 1.70. The lowest BCUT2D eigenvalue weighted by atomic mass is 10.2. The third kappa shape index (κ3) is 3.05. The Balaban J connectivity index is 2.92. The van der Waals surface area contributed by atoms with E-state index in [1.54, 1.807) is 6.07 Å². The number of hydrogen-bond donors (Lipinski definition) is 0. The van der Waals surface area contributed by atoms with Crippen LogP contribution >= 0.6 is 0 Å². The lowest BCUT2D eigenvalue weighted by Crippen LogP contribution is -2.24. The van der Waals surface area contributed by atoms with Crippen LogP contribution in [-0.4, -0.2) is 13.1 Å². The second kappa shape index (κ2) is 6.17. The van der Waals surface area contributed by atoms with Gasteiger partial charge in [0.15, 0.2) is 0 Å². The molecule has 0 N–H and O–H groups in total. The van der Waals surface area contributed by atoms with Crippen molar-refractivity contribution in [3.63, 3.8) is 0 Å². The van der Waals surface area contributed by atoms with Crippen LogP contribution in [0.2, 0.25) is 0 Å². The smallest absolute Gasteiger partial charge is 0.131 e. The van der Waals surface area contributed by atoms with E-state index in [0.29, 0.717) is 5.69 Å². The summed E-state index contributed by atoms with van der Waals surface area (Å²) in [5.74, 6) is 0. The Kier molecular flexibility index (Phi) is 4.81. The van der Waals surface area contributed by atoms with Crippen LogP contribution in [0.1, 0.15) is 26.7 Å². The third-order valence-electron chi connectivity index (χ3n) is 2.31. The molecular formula is C12H18N2O. The third-order valence-corrected chi connectivity index (χ3v) is 2.31. The summed E-state index contributed by atoms with van der Waals surface area (Å²) in [7, 11) is 0. The lowest BCUT2D eigenvalue weighted by Gasteiger charge is -2.24. The zero-order chi connectivity index (χ0) is 11.1. The highest BCUT2D eigenvalue weighted by Gasteiger charge is 2.09. The van der Waals surface area contributed by atoms with E-state index in [1.165, 1.54) is 0 Å². The summed E-state index contributed by atoms with van der Waals surface area (Å²) in [6.45, 7) is 6.22. The average molecular weight is 206 g/mol. The quantitative estimate of drug-likeness (QED) is 0.664. The molecule has 0 spiro atoms. The first-order chi connectivity index (χ1) is 7.33. The molecule has 0 bridgehead atoms. The summed E-state index contributed by atoms with van der Waals surface area (Å²) in [6, 6.07) is 7.52. The molecule has 15 heavy (non-hydrogen) atoms. The highest BCUT2D eigenvalue weighted by atomic mass is 16.3. The summed E-state index contributed by atoms with van der Waals surface area (Å²) in [4.78, 5) is 12.9. The zero-order valence-corrected chi connectivity index (χ0v) is 9.44. The highest BCUT2D eigenvalue weighted by Crippen LogP contribution is 2.28. The van der Waals surface area contributed by atoms with Gasteiger partial charge in [-0.25, -0.2) is 0 Å². The Morgan fingerprint density at radius 2 is 1.73 bits per heavy atom. The largest absolute Gasteiger partial charge is 0.370 e. The first kappa shape index (κ1) is 11.7. The van der Waals surface area contributed by atoms with Crippen LogP contribution < -0.4 is 4.90 Å². The van der Waals surface area contributed by atoms with E-state index in [4.69, 9.17) is 0 Å². The maximum Gasteiger partial charge on any atom is 0.131 e. The first-order valence-electron chi connectivity index (χ1n) is 5.50. The molecule has 0 saturated carbocycles. The van der Waals surface area contributed by atoms with Crippen LogP contribution in [0.5, 0.6) is 0 Å². The standard InChI is InChI=1S/C12H18N2O/c1-3-9-14(10-4-2)12-8-6-5-7-11(12)13-15/h5-8H,3-4,9-10H2,1-2H3. The fourth-order valence-corrected chi connectivity index (χ4v) is 1.70. The van der Waals surface area contributed by atoms with Crippen molar-refractivity contribution >= 4 is 11.4 Å². The molecule has 0 fully saturated rings. The average Bonchev–Trinajstić information content (AvgIpc) is 2.29. The minimum atomic E-state index is 0.541. The fraction of sp³-hybridized carbons (Fsp3) is 0.500. The summed E-state index contributed by atoms with van der Waals surface area (Å²) in [5.41, 5.74) is 1.50. The molecule has 1 aromatic rings. The summed E-state index contributed by atoms with van der Waals surface area (Å²) >= 11 is 0. The SMILES string of the molecule is CCCN(CCC)c1ccccc1N=O.